The van der Waals surface area contributed by atoms with Gasteiger partial charge in [-0.25, -0.2) is 22.2 Å². The summed E-state index contributed by atoms with van der Waals surface area (Å²) >= 11 is 0. The number of methoxy groups -OCH3 is 1. The lowest BCUT2D eigenvalue weighted by Crippen LogP contribution is -2.48. The van der Waals surface area contributed by atoms with Crippen LogP contribution < -0.4 is 14.4 Å². The number of amides is 1. The highest BCUT2D eigenvalue weighted by Crippen LogP contribution is 2.34. The Morgan fingerprint density at radius 3 is 2.44 bits per heavy atom. The monoisotopic (exact) mass is 608 g/mol. The third-order valence-corrected chi connectivity index (χ3v) is 8.20. The molecule has 0 bridgehead atoms. The molecule has 0 aliphatic carbocycles. The van der Waals surface area contributed by atoms with Gasteiger partial charge in [-0.3, -0.25) is 14.3 Å². The molecule has 1 N–H and O–H groups in total. The highest BCUT2D eigenvalue weighted by atomic mass is 32.2. The summed E-state index contributed by atoms with van der Waals surface area (Å²) in [7, 11) is -3.14. The van der Waals surface area contributed by atoms with Crippen LogP contribution in [0.1, 0.15) is 6.92 Å². The minimum Gasteiger partial charge on any atom is -0.480 e. The van der Waals surface area contributed by atoms with E-state index in [4.69, 9.17) is 4.74 Å². The van der Waals surface area contributed by atoms with Gasteiger partial charge in [-0.2, -0.15) is 5.10 Å². The van der Waals surface area contributed by atoms with Gasteiger partial charge in [0.15, 0.2) is 11.6 Å². The average molecular weight is 609 g/mol. The second-order valence-electron chi connectivity index (χ2n) is 9.69. The van der Waals surface area contributed by atoms with Gasteiger partial charge < -0.3 is 14.5 Å². The zero-order valence-corrected chi connectivity index (χ0v) is 23.9. The third-order valence-electron chi connectivity index (χ3n) is 6.80. The van der Waals surface area contributed by atoms with Crippen LogP contribution in [0.3, 0.4) is 0 Å². The van der Waals surface area contributed by atoms with E-state index in [1.54, 1.807) is 11.1 Å². The van der Waals surface area contributed by atoms with Gasteiger partial charge in [-0.05, 0) is 42.8 Å². The molecule has 3 heterocycles. The Morgan fingerprint density at radius 1 is 0.977 bits per heavy atom. The summed E-state index contributed by atoms with van der Waals surface area (Å²) in [4.78, 5) is 30.7. The smallest absolute Gasteiger partial charge is 0.264 e. The number of allylic oxidation sites excluding steroid dienone is 1. The normalized spacial score (nSPS) is 13.9. The molecule has 1 amide bonds. The lowest BCUT2D eigenvalue weighted by atomic mass is 10.0. The molecule has 11 nitrogen and oxygen atoms in total. The molecule has 222 valence electrons. The number of halogens is 2. The maximum atomic E-state index is 14.3. The number of benzene rings is 2. The first kappa shape index (κ1) is 29.5. The Kier molecular flexibility index (Phi) is 8.30. The molecule has 0 radical (unpaired) electrons. The van der Waals surface area contributed by atoms with Crippen LogP contribution in [-0.2, 0) is 19.6 Å². The van der Waals surface area contributed by atoms with Crippen molar-refractivity contribution in [1.82, 2.24) is 20.1 Å². The van der Waals surface area contributed by atoms with Crippen molar-refractivity contribution in [3.63, 3.8) is 0 Å². The van der Waals surface area contributed by atoms with E-state index in [1.165, 1.54) is 38.4 Å². The van der Waals surface area contributed by atoms with Gasteiger partial charge in [0.1, 0.15) is 22.2 Å². The fraction of sp³-hybridized carbons (Fsp3) is 0.207. The maximum absolute atomic E-state index is 14.3. The molecule has 43 heavy (non-hydrogen) atoms. The molecule has 14 heteroatoms. The molecule has 1 aliphatic rings. The molecule has 0 atom stereocenters. The van der Waals surface area contributed by atoms with Gasteiger partial charge in [0.2, 0.25) is 11.8 Å². The fourth-order valence-corrected chi connectivity index (χ4v) is 5.76. The van der Waals surface area contributed by atoms with E-state index in [0.717, 1.165) is 22.9 Å². The van der Waals surface area contributed by atoms with Crippen molar-refractivity contribution in [3.8, 4) is 17.0 Å². The van der Waals surface area contributed by atoms with Crippen LogP contribution in [0.5, 0.6) is 5.88 Å². The van der Waals surface area contributed by atoms with Gasteiger partial charge in [0, 0.05) is 60.9 Å². The zero-order valence-electron chi connectivity index (χ0n) is 23.1. The second kappa shape index (κ2) is 12.1. The van der Waals surface area contributed by atoms with E-state index in [2.05, 4.69) is 19.9 Å². The fourth-order valence-electron chi connectivity index (χ4n) is 4.65. The second-order valence-corrected chi connectivity index (χ2v) is 11.3. The largest absolute Gasteiger partial charge is 0.480 e. The molecule has 5 rings (SSSR count). The SMILES string of the molecule is COc1ncc(-c2ccc3cnnc(N4CCN(C(=O)C=CC(C)=O)CC4)c3c2)cc1NS(=O)(=O)c1ccc(F)cc1F. The van der Waals surface area contributed by atoms with Gasteiger partial charge >= 0.3 is 0 Å². The van der Waals surface area contributed by atoms with Crippen molar-refractivity contribution < 1.29 is 31.5 Å². The predicted octanol–water partition coefficient (Wildman–Crippen LogP) is 3.57. The summed E-state index contributed by atoms with van der Waals surface area (Å²) in [6, 6.07) is 9.19. The number of carbonyl (C=O) groups excluding carboxylic acids is 2. The van der Waals surface area contributed by atoms with E-state index in [1.807, 2.05) is 23.1 Å². The first-order chi connectivity index (χ1) is 20.6. The quantitative estimate of drug-likeness (QED) is 0.298. The van der Waals surface area contributed by atoms with Crippen LogP contribution >= 0.6 is 0 Å². The Bertz CT molecular complexity index is 1860. The summed E-state index contributed by atoms with van der Waals surface area (Å²) in [5, 5.41) is 10.1. The Labute approximate surface area is 245 Å². The summed E-state index contributed by atoms with van der Waals surface area (Å²) in [5.41, 5.74) is 1.15. The molecule has 2 aromatic heterocycles. The van der Waals surface area contributed by atoms with Crippen molar-refractivity contribution in [2.75, 3.05) is 42.9 Å². The topological polar surface area (TPSA) is 135 Å². The van der Waals surface area contributed by atoms with Crippen molar-refractivity contribution in [3.05, 3.63) is 78.6 Å². The molecular formula is C29H26F2N6O5S. The van der Waals surface area contributed by atoms with Crippen LogP contribution in [0.2, 0.25) is 0 Å². The van der Waals surface area contributed by atoms with Gasteiger partial charge in [0.25, 0.3) is 10.0 Å². The number of hydrogen-bond donors (Lipinski definition) is 1. The Hall–Kier alpha value is -4.98. The Morgan fingerprint density at radius 2 is 1.74 bits per heavy atom. The number of aromatic nitrogens is 3. The number of fused-ring (bicyclic) bond motifs is 1. The number of rotatable bonds is 8. The van der Waals surface area contributed by atoms with Crippen molar-refractivity contribution in [1.29, 1.82) is 0 Å². The zero-order chi connectivity index (χ0) is 30.7. The maximum Gasteiger partial charge on any atom is 0.264 e. The van der Waals surface area contributed by atoms with Gasteiger partial charge in [0.05, 0.1) is 13.3 Å². The van der Waals surface area contributed by atoms with E-state index in [-0.39, 0.29) is 23.3 Å². The van der Waals surface area contributed by atoms with Crippen LogP contribution in [0.4, 0.5) is 20.3 Å². The molecular weight excluding hydrogens is 582 g/mol. The van der Waals surface area contributed by atoms with E-state index < -0.39 is 26.6 Å². The third kappa shape index (κ3) is 6.43. The van der Waals surface area contributed by atoms with E-state index in [9.17, 15) is 26.8 Å². The minimum absolute atomic E-state index is 0.0449. The number of sulfonamides is 1. The van der Waals surface area contributed by atoms with Crippen LogP contribution in [0.15, 0.2) is 71.9 Å². The summed E-state index contributed by atoms with van der Waals surface area (Å²) < 4.78 is 61.1. The first-order valence-electron chi connectivity index (χ1n) is 13.1. The first-order valence-corrected chi connectivity index (χ1v) is 14.5. The molecule has 0 spiro atoms. The number of piperazine rings is 1. The standard InChI is InChI=1S/C29H26F2N6O5S/c1-18(38)3-8-27(39)36-9-11-37(12-10-36)28-23-13-19(4-5-20(23)17-33-34-28)21-14-25(29(42-2)32-16-21)35-43(40,41)26-7-6-22(30)15-24(26)31/h3-8,13-17,35H,9-12H2,1-2H3. The van der Waals surface area contributed by atoms with Crippen molar-refractivity contribution in [2.45, 2.75) is 11.8 Å². The summed E-state index contributed by atoms with van der Waals surface area (Å²) in [6.45, 7) is 3.23. The van der Waals surface area contributed by atoms with E-state index >= 15 is 0 Å². The highest BCUT2D eigenvalue weighted by molar-refractivity contribution is 7.92. The summed E-state index contributed by atoms with van der Waals surface area (Å²) in [6.07, 6.45) is 5.65. The molecule has 1 saturated heterocycles. The van der Waals surface area contributed by atoms with Gasteiger partial charge in [-0.15, -0.1) is 5.10 Å². The number of ether oxygens (including phenoxy) is 1. The number of nitrogens with one attached hydrogen (secondary N) is 1. The average Bonchev–Trinajstić information content (AvgIpc) is 2.99. The predicted molar refractivity (Wildman–Crippen MR) is 155 cm³/mol. The molecule has 0 unspecified atom stereocenters. The lowest BCUT2D eigenvalue weighted by Gasteiger charge is -2.35. The molecule has 4 aromatic rings. The number of carbonyl (C=O) groups is 2. The molecule has 1 fully saturated rings. The number of ketones is 1. The minimum atomic E-state index is -4.45. The molecule has 2 aromatic carbocycles. The van der Waals surface area contributed by atoms with Crippen LogP contribution in [-0.4, -0.2) is 73.5 Å². The summed E-state index contributed by atoms with van der Waals surface area (Å²) in [5.74, 6) is -2.02. The number of pyridine rings is 1. The van der Waals surface area contributed by atoms with Crippen LogP contribution in [0, 0.1) is 11.6 Å². The highest BCUT2D eigenvalue weighted by Gasteiger charge is 2.24. The van der Waals surface area contributed by atoms with Crippen molar-refractivity contribution >= 4 is 44.0 Å². The van der Waals surface area contributed by atoms with E-state index in [0.29, 0.717) is 49.2 Å². The number of nitrogens with zero attached hydrogens (tertiary/aromatic N) is 5. The Balaban J connectivity index is 1.43. The molecule has 1 aliphatic heterocycles. The lowest BCUT2D eigenvalue weighted by molar-refractivity contribution is -0.126. The number of hydrogen-bond acceptors (Lipinski definition) is 9. The van der Waals surface area contributed by atoms with Crippen LogP contribution in [0.25, 0.3) is 21.9 Å². The van der Waals surface area contributed by atoms with Gasteiger partial charge in [-0.1, -0.05) is 12.1 Å². The van der Waals surface area contributed by atoms with Crippen molar-refractivity contribution in [2.24, 2.45) is 0 Å². The molecule has 0 saturated carbocycles. The number of anilines is 2.